The molecule has 13 atom stereocenters. The van der Waals surface area contributed by atoms with Crippen LogP contribution in [0.3, 0.4) is 0 Å². The predicted octanol–water partition coefficient (Wildman–Crippen LogP) is 6.79. The Labute approximate surface area is 248 Å². The third-order valence-electron chi connectivity index (χ3n) is 13.2. The number of ether oxygens (including phenoxy) is 3. The first-order chi connectivity index (χ1) is 19.1. The standard InChI is InChI=1S/C35H50O4Se/c1-21-17-31(40-26-9-7-6-8-10-26)35(37-20-21)22(2)32-30(39-35)19-29-27-12-11-24-18-25(38-23(3)36)13-15-33(24,4)28(27)14-16-34(29,32)5/h6-10,21-22,24-25,27-32H,11-20H2,1-5H3/t21-,22+,24+,25+,27-,28+,29+,30+,31+,32+,33+,34+,35+/m1/s1. The maximum absolute atomic E-state index is 11.7. The molecule has 5 heteroatoms. The second-order valence-electron chi connectivity index (χ2n) is 15.2. The van der Waals surface area contributed by atoms with E-state index in [1.807, 2.05) is 0 Å². The number of carbonyl (C=O) groups excluding carboxylic acids is 1. The minimum absolute atomic E-state index is 0.108. The van der Waals surface area contributed by atoms with E-state index in [0.29, 0.717) is 60.4 Å². The molecular formula is C35H50O4Se. The van der Waals surface area contributed by atoms with Crippen molar-refractivity contribution in [2.75, 3.05) is 6.61 Å². The van der Waals surface area contributed by atoms with E-state index in [4.69, 9.17) is 14.2 Å². The van der Waals surface area contributed by atoms with Gasteiger partial charge in [0.1, 0.15) is 0 Å². The molecule has 0 bridgehead atoms. The minimum atomic E-state index is -0.402. The number of fused-ring (bicyclic) bond motifs is 7. The van der Waals surface area contributed by atoms with Crippen LogP contribution in [0, 0.1) is 52.3 Å². The fraction of sp³-hybridized carbons (Fsp3) is 0.800. The van der Waals surface area contributed by atoms with Crippen molar-refractivity contribution in [3.63, 3.8) is 0 Å². The van der Waals surface area contributed by atoms with Crippen LogP contribution in [-0.2, 0) is 19.0 Å². The van der Waals surface area contributed by atoms with E-state index < -0.39 is 5.79 Å². The number of hydrogen-bond acceptors (Lipinski definition) is 4. The average Bonchev–Trinajstić information content (AvgIpc) is 3.37. The molecule has 0 radical (unpaired) electrons. The van der Waals surface area contributed by atoms with Crippen LogP contribution >= 0.6 is 0 Å². The molecule has 0 amide bonds. The quantitative estimate of drug-likeness (QED) is 0.278. The molecule has 1 aromatic carbocycles. The van der Waals surface area contributed by atoms with Gasteiger partial charge in [0.05, 0.1) is 0 Å². The van der Waals surface area contributed by atoms with Gasteiger partial charge in [-0.1, -0.05) is 0 Å². The van der Waals surface area contributed by atoms with Crippen molar-refractivity contribution >= 4 is 25.4 Å². The number of rotatable bonds is 3. The Morgan fingerprint density at radius 1 is 0.950 bits per heavy atom. The van der Waals surface area contributed by atoms with Gasteiger partial charge < -0.3 is 4.74 Å². The van der Waals surface area contributed by atoms with Crippen molar-refractivity contribution < 1.29 is 19.0 Å². The Balaban J connectivity index is 1.12. The molecule has 4 saturated carbocycles. The summed E-state index contributed by atoms with van der Waals surface area (Å²) in [7, 11) is 0. The Hall–Kier alpha value is -0.871. The van der Waals surface area contributed by atoms with Crippen molar-refractivity contribution in [1.29, 1.82) is 0 Å². The van der Waals surface area contributed by atoms with Crippen molar-refractivity contribution in [3.8, 4) is 0 Å². The molecule has 1 spiro atoms. The zero-order valence-electron chi connectivity index (χ0n) is 25.3. The summed E-state index contributed by atoms with van der Waals surface area (Å²) in [5.41, 5.74) is 0.752. The van der Waals surface area contributed by atoms with Gasteiger partial charge in [-0.05, 0) is 0 Å². The van der Waals surface area contributed by atoms with E-state index in [2.05, 4.69) is 58.0 Å². The number of carbonyl (C=O) groups is 1. The van der Waals surface area contributed by atoms with E-state index in [-0.39, 0.29) is 12.1 Å². The molecule has 2 saturated heterocycles. The van der Waals surface area contributed by atoms with E-state index in [1.54, 1.807) is 6.92 Å². The van der Waals surface area contributed by atoms with Crippen molar-refractivity contribution in [2.45, 2.75) is 115 Å². The monoisotopic (exact) mass is 614 g/mol. The second kappa shape index (κ2) is 10.1. The summed E-state index contributed by atoms with van der Waals surface area (Å²) in [4.78, 5) is 12.1. The van der Waals surface area contributed by atoms with Gasteiger partial charge in [0.2, 0.25) is 0 Å². The first-order valence-corrected chi connectivity index (χ1v) is 18.2. The van der Waals surface area contributed by atoms with Gasteiger partial charge in [0.15, 0.2) is 0 Å². The molecule has 4 nitrogen and oxygen atoms in total. The molecule has 0 unspecified atom stereocenters. The van der Waals surface area contributed by atoms with E-state index in [9.17, 15) is 4.79 Å². The van der Waals surface area contributed by atoms with Crippen molar-refractivity contribution in [2.24, 2.45) is 52.3 Å². The molecule has 0 aromatic heterocycles. The topological polar surface area (TPSA) is 44.8 Å². The Bertz CT molecular complexity index is 1110. The van der Waals surface area contributed by atoms with Crippen LogP contribution < -0.4 is 4.46 Å². The van der Waals surface area contributed by atoms with Gasteiger partial charge in [-0.2, -0.15) is 0 Å². The molecular weight excluding hydrogens is 563 g/mol. The fourth-order valence-corrected chi connectivity index (χ4v) is 14.8. The van der Waals surface area contributed by atoms with Gasteiger partial charge in [0.25, 0.3) is 0 Å². The first kappa shape index (κ1) is 27.9. The van der Waals surface area contributed by atoms with Gasteiger partial charge in [-0.15, -0.1) is 0 Å². The Morgan fingerprint density at radius 2 is 1.73 bits per heavy atom. The summed E-state index contributed by atoms with van der Waals surface area (Å²) in [6.07, 6.45) is 11.6. The third-order valence-corrected chi connectivity index (χ3v) is 16.1. The average molecular weight is 614 g/mol. The van der Waals surface area contributed by atoms with Crippen molar-refractivity contribution in [3.05, 3.63) is 30.3 Å². The zero-order chi connectivity index (χ0) is 27.9. The van der Waals surface area contributed by atoms with Crippen LogP contribution in [-0.4, -0.2) is 45.5 Å². The molecule has 40 heavy (non-hydrogen) atoms. The molecule has 220 valence electrons. The zero-order valence-corrected chi connectivity index (χ0v) is 27.0. The predicted molar refractivity (Wildman–Crippen MR) is 158 cm³/mol. The SMILES string of the molecule is CC(=O)O[C@H]1CC[C@@]2(C)[C@@H](CC[C@@H]3[C@@H]2CC[C@]2(C)[C@@H]4[C@H](C[C@@H]32)O[C@@]2(OC[C@H](C)C[C@@H]2[Se]c2ccccc2)[C@H]4C)C1. The van der Waals surface area contributed by atoms with Crippen LogP contribution in [0.1, 0.15) is 92.4 Å². The molecule has 2 heterocycles. The van der Waals surface area contributed by atoms with Crippen LogP contribution in [0.15, 0.2) is 30.3 Å². The number of hydrogen-bond donors (Lipinski definition) is 0. The van der Waals surface area contributed by atoms with Gasteiger partial charge in [0, 0.05) is 6.92 Å². The van der Waals surface area contributed by atoms with Crippen LogP contribution in [0.4, 0.5) is 0 Å². The summed E-state index contributed by atoms with van der Waals surface area (Å²) in [6.45, 7) is 12.5. The van der Waals surface area contributed by atoms with Crippen LogP contribution in [0.25, 0.3) is 0 Å². The molecule has 6 fully saturated rings. The molecule has 0 N–H and O–H groups in total. The Kier molecular flexibility index (Phi) is 7.06. The Morgan fingerprint density at radius 3 is 2.50 bits per heavy atom. The van der Waals surface area contributed by atoms with Gasteiger partial charge in [-0.25, -0.2) is 0 Å². The molecule has 6 aliphatic rings. The second-order valence-corrected chi connectivity index (χ2v) is 17.9. The number of benzene rings is 1. The summed E-state index contributed by atoms with van der Waals surface area (Å²) >= 11 is 0.346. The fourth-order valence-electron chi connectivity index (χ4n) is 11.5. The molecule has 4 aliphatic carbocycles. The van der Waals surface area contributed by atoms with Crippen LogP contribution in [0.5, 0.6) is 0 Å². The van der Waals surface area contributed by atoms with Crippen molar-refractivity contribution in [1.82, 2.24) is 0 Å². The van der Waals surface area contributed by atoms with Crippen LogP contribution in [0.2, 0.25) is 4.82 Å². The molecule has 1 aromatic rings. The molecule has 7 rings (SSSR count). The van der Waals surface area contributed by atoms with Gasteiger partial charge >= 0.3 is 232 Å². The van der Waals surface area contributed by atoms with E-state index in [0.717, 1.165) is 37.2 Å². The summed E-state index contributed by atoms with van der Waals surface area (Å²) < 4.78 is 21.4. The summed E-state index contributed by atoms with van der Waals surface area (Å²) in [6, 6.07) is 11.1. The normalized spacial score (nSPS) is 51.4. The maximum atomic E-state index is 11.7. The first-order valence-electron chi connectivity index (χ1n) is 16.3. The van der Waals surface area contributed by atoms with Gasteiger partial charge in [-0.3, -0.25) is 4.79 Å². The summed E-state index contributed by atoms with van der Waals surface area (Å²) in [5.74, 6) is 4.24. The van der Waals surface area contributed by atoms with E-state index in [1.165, 1.54) is 49.4 Å². The molecule has 2 aliphatic heterocycles. The summed E-state index contributed by atoms with van der Waals surface area (Å²) in [5, 5.41) is 0. The number of esters is 1. The van der Waals surface area contributed by atoms with E-state index >= 15 is 0 Å². The third kappa shape index (κ3) is 4.22.